The number of rotatable bonds is 11. The van der Waals surface area contributed by atoms with Crippen molar-refractivity contribution in [3.63, 3.8) is 0 Å². The molecular formula is C43H47BrN4O5S. The molecule has 3 amide bonds. The van der Waals surface area contributed by atoms with E-state index < -0.39 is 17.6 Å². The number of fused-ring (bicyclic) bond motifs is 2. The van der Waals surface area contributed by atoms with Crippen molar-refractivity contribution >= 4 is 71.8 Å². The predicted octanol–water partition coefficient (Wildman–Crippen LogP) is 7.82. The summed E-state index contributed by atoms with van der Waals surface area (Å²) in [5.74, 6) is -1.15. The molecule has 1 atom stereocenters. The molecule has 9 nitrogen and oxygen atoms in total. The maximum atomic E-state index is 13.9. The summed E-state index contributed by atoms with van der Waals surface area (Å²) < 4.78 is 2.00. The summed E-state index contributed by atoms with van der Waals surface area (Å²) in [5.41, 5.74) is 0.437. The summed E-state index contributed by atoms with van der Waals surface area (Å²) in [6, 6.07) is 29.9. The first-order chi connectivity index (χ1) is 26.1. The fourth-order valence-electron chi connectivity index (χ4n) is 7.35. The first-order valence-electron chi connectivity index (χ1n) is 18.7. The Labute approximate surface area is 328 Å². The minimum absolute atomic E-state index is 0.176. The van der Waals surface area contributed by atoms with Crippen molar-refractivity contribution in [2.45, 2.75) is 63.5 Å². The van der Waals surface area contributed by atoms with Crippen molar-refractivity contribution in [2.24, 2.45) is 5.92 Å². The number of nitrogens with one attached hydrogen (secondary N) is 3. The van der Waals surface area contributed by atoms with Crippen LogP contribution in [0.5, 0.6) is 0 Å². The van der Waals surface area contributed by atoms with Crippen molar-refractivity contribution in [3.8, 4) is 0 Å². The molecule has 4 N–H and O–H groups in total. The Bertz CT molecular complexity index is 2060. The van der Waals surface area contributed by atoms with Crippen LogP contribution in [0, 0.1) is 5.92 Å². The number of benzene rings is 4. The molecule has 0 radical (unpaired) electrons. The summed E-state index contributed by atoms with van der Waals surface area (Å²) in [6.45, 7) is 5.95. The van der Waals surface area contributed by atoms with Crippen molar-refractivity contribution < 1.29 is 24.3 Å². The van der Waals surface area contributed by atoms with Gasteiger partial charge in [0.25, 0.3) is 5.91 Å². The number of carbonyl (C=O) groups excluding carboxylic acids is 3. The molecule has 1 aliphatic carbocycles. The maximum absolute atomic E-state index is 13.9. The lowest BCUT2D eigenvalue weighted by molar-refractivity contribution is -0.132. The van der Waals surface area contributed by atoms with Gasteiger partial charge in [0, 0.05) is 27.7 Å². The van der Waals surface area contributed by atoms with E-state index in [9.17, 15) is 19.2 Å². The van der Waals surface area contributed by atoms with Crippen LogP contribution in [-0.2, 0) is 16.0 Å². The Hall–Kier alpha value is -4.58. The monoisotopic (exact) mass is 810 g/mol. The molecule has 282 valence electrons. The average molecular weight is 812 g/mol. The quantitative estimate of drug-likeness (QED) is 0.108. The Morgan fingerprint density at radius 3 is 2.26 bits per heavy atom. The van der Waals surface area contributed by atoms with E-state index in [1.807, 2.05) is 84.9 Å². The zero-order chi connectivity index (χ0) is 38.1. The molecule has 2 aliphatic rings. The first-order valence-corrected chi connectivity index (χ1v) is 20.3. The lowest BCUT2D eigenvalue weighted by Gasteiger charge is -2.32. The van der Waals surface area contributed by atoms with E-state index in [1.165, 1.54) is 11.3 Å². The van der Waals surface area contributed by atoms with Gasteiger partial charge < -0.3 is 26.0 Å². The van der Waals surface area contributed by atoms with Crippen molar-refractivity contribution in [1.82, 2.24) is 20.9 Å². The summed E-state index contributed by atoms with van der Waals surface area (Å²) in [4.78, 5) is 54.4. The molecule has 0 spiro atoms. The average Bonchev–Trinajstić information content (AvgIpc) is 3.86. The van der Waals surface area contributed by atoms with Gasteiger partial charge in [-0.1, -0.05) is 96.4 Å². The van der Waals surface area contributed by atoms with E-state index >= 15 is 0 Å². The van der Waals surface area contributed by atoms with Crippen molar-refractivity contribution in [2.75, 3.05) is 26.2 Å². The highest BCUT2D eigenvalue weighted by Gasteiger charge is 2.44. The van der Waals surface area contributed by atoms with Crippen LogP contribution in [0.1, 0.15) is 71.0 Å². The Morgan fingerprint density at radius 2 is 1.56 bits per heavy atom. The van der Waals surface area contributed by atoms with E-state index in [0.29, 0.717) is 42.2 Å². The SMILES string of the molecule is CCN1CCC(CNC(=O)[C@@H](Cc2ccccc2)NC(=O)C2(NC(=O)c3ccc4cc(Br)ccc4c3)CCCC2)CC1.O=C(O)c1cc2ccccc2s1. The molecule has 11 heteroatoms. The number of nitrogens with zero attached hydrogens (tertiary/aromatic N) is 1. The number of carboxylic acid groups (broad SMARTS) is 1. The summed E-state index contributed by atoms with van der Waals surface area (Å²) >= 11 is 4.80. The van der Waals surface area contributed by atoms with Crippen LogP contribution in [0.3, 0.4) is 0 Å². The third kappa shape index (κ3) is 9.93. The number of thiophene rings is 1. The maximum Gasteiger partial charge on any atom is 0.345 e. The van der Waals surface area contributed by atoms with Crippen LogP contribution in [-0.4, -0.2) is 71.5 Å². The van der Waals surface area contributed by atoms with Gasteiger partial charge in [0.1, 0.15) is 16.5 Å². The number of amides is 3. The summed E-state index contributed by atoms with van der Waals surface area (Å²) in [5, 5.41) is 21.0. The molecule has 1 aliphatic heterocycles. The highest BCUT2D eigenvalue weighted by Crippen LogP contribution is 2.31. The number of likely N-dealkylation sites (tertiary alicyclic amines) is 1. The van der Waals surface area contributed by atoms with Crippen LogP contribution >= 0.6 is 27.3 Å². The van der Waals surface area contributed by atoms with E-state index in [0.717, 1.165) is 76.2 Å². The molecule has 4 aromatic carbocycles. The number of piperidine rings is 1. The van der Waals surface area contributed by atoms with Gasteiger partial charge in [0.2, 0.25) is 11.8 Å². The Balaban J connectivity index is 0.000000349. The lowest BCUT2D eigenvalue weighted by atomic mass is 9.93. The number of hydrogen-bond acceptors (Lipinski definition) is 6. The van der Waals surface area contributed by atoms with Crippen LogP contribution in [0.25, 0.3) is 20.9 Å². The van der Waals surface area contributed by atoms with E-state index in [4.69, 9.17) is 5.11 Å². The van der Waals surface area contributed by atoms with Gasteiger partial charge in [0.05, 0.1) is 0 Å². The lowest BCUT2D eigenvalue weighted by Crippen LogP contribution is -2.61. The van der Waals surface area contributed by atoms with Crippen LogP contribution in [0.15, 0.2) is 102 Å². The Morgan fingerprint density at radius 1 is 0.870 bits per heavy atom. The Kier molecular flexibility index (Phi) is 13.2. The van der Waals surface area contributed by atoms with Gasteiger partial charge in [0.15, 0.2) is 0 Å². The third-order valence-corrected chi connectivity index (χ3v) is 12.2. The topological polar surface area (TPSA) is 128 Å². The minimum atomic E-state index is -1.05. The standard InChI is InChI=1S/C34H41BrN4O3.C9H6O2S/c1-2-39-18-14-25(15-19-39)23-36-32(41)30(20-24-8-4-3-5-9-24)37-33(42)34(16-6-7-17-34)38-31(40)28-11-10-27-22-29(35)13-12-26(27)21-28;10-9(11)8-5-6-3-1-2-4-7(6)12-8/h3-5,8-13,21-22,25,30H,2,6-7,14-20,23H2,1H3,(H,36,41)(H,37,42)(H,38,40);1-5H,(H,10,11)/t30-;/m1./s1. The highest BCUT2D eigenvalue weighted by molar-refractivity contribution is 9.10. The molecule has 54 heavy (non-hydrogen) atoms. The smallest absolute Gasteiger partial charge is 0.345 e. The first kappa shape index (κ1) is 39.1. The fourth-order valence-corrected chi connectivity index (χ4v) is 8.63. The number of hydrogen-bond donors (Lipinski definition) is 4. The molecule has 0 unspecified atom stereocenters. The molecule has 2 heterocycles. The third-order valence-electron chi connectivity index (χ3n) is 10.6. The minimum Gasteiger partial charge on any atom is -0.477 e. The second-order valence-electron chi connectivity index (χ2n) is 14.2. The molecule has 0 bridgehead atoms. The van der Waals surface area contributed by atoms with Crippen LogP contribution in [0.4, 0.5) is 0 Å². The number of aromatic carboxylic acids is 1. The molecular weight excluding hydrogens is 764 g/mol. The van der Waals surface area contributed by atoms with Crippen LogP contribution in [0.2, 0.25) is 0 Å². The van der Waals surface area contributed by atoms with Gasteiger partial charge in [-0.3, -0.25) is 14.4 Å². The highest BCUT2D eigenvalue weighted by atomic mass is 79.9. The van der Waals surface area contributed by atoms with Crippen molar-refractivity contribution in [3.05, 3.63) is 118 Å². The van der Waals surface area contributed by atoms with Gasteiger partial charge >= 0.3 is 5.97 Å². The molecule has 7 rings (SSSR count). The van der Waals surface area contributed by atoms with E-state index in [1.54, 1.807) is 12.1 Å². The van der Waals surface area contributed by atoms with Gasteiger partial charge in [-0.05, 0) is 109 Å². The normalized spacial score (nSPS) is 16.3. The predicted molar refractivity (Wildman–Crippen MR) is 219 cm³/mol. The van der Waals surface area contributed by atoms with E-state index in [-0.39, 0.29) is 17.7 Å². The zero-order valence-electron chi connectivity index (χ0n) is 30.5. The number of carbonyl (C=O) groups is 4. The van der Waals surface area contributed by atoms with E-state index in [2.05, 4.69) is 43.7 Å². The second kappa shape index (κ2) is 18.2. The van der Waals surface area contributed by atoms with Crippen LogP contribution < -0.4 is 16.0 Å². The molecule has 2 fully saturated rings. The summed E-state index contributed by atoms with van der Waals surface area (Å²) in [7, 11) is 0. The largest absolute Gasteiger partial charge is 0.477 e. The van der Waals surface area contributed by atoms with Gasteiger partial charge in [-0.15, -0.1) is 11.3 Å². The summed E-state index contributed by atoms with van der Waals surface area (Å²) in [6.07, 6.45) is 5.27. The van der Waals surface area contributed by atoms with Gasteiger partial charge in [-0.25, -0.2) is 4.79 Å². The zero-order valence-corrected chi connectivity index (χ0v) is 32.9. The molecule has 1 saturated heterocycles. The second-order valence-corrected chi connectivity index (χ2v) is 16.2. The number of carboxylic acids is 1. The fraction of sp³-hybridized carbons (Fsp3) is 0.349. The molecule has 5 aromatic rings. The molecule has 1 saturated carbocycles. The molecule has 1 aromatic heterocycles. The van der Waals surface area contributed by atoms with Gasteiger partial charge in [-0.2, -0.15) is 0 Å². The van der Waals surface area contributed by atoms with Crippen molar-refractivity contribution in [1.29, 1.82) is 0 Å². The number of halogens is 1.